The molecule has 0 N–H and O–H groups in total. The van der Waals surface area contributed by atoms with Gasteiger partial charge in [0.05, 0.1) is 11.1 Å². The molecule has 1 aliphatic carbocycles. The smallest absolute Gasteiger partial charge is 0.262 e. The predicted molar refractivity (Wildman–Crippen MR) is 115 cm³/mol. The third kappa shape index (κ3) is 2.88. The van der Waals surface area contributed by atoms with E-state index in [0.717, 1.165) is 54.6 Å². The number of para-hydroxylation sites is 1. The molecular weight excluding hydrogens is 390 g/mol. The lowest BCUT2D eigenvalue weighted by atomic mass is 10.0. The summed E-state index contributed by atoms with van der Waals surface area (Å²) >= 11 is 3.00. The Hall–Kier alpha value is -2.12. The van der Waals surface area contributed by atoms with Crippen molar-refractivity contribution in [3.63, 3.8) is 0 Å². The van der Waals surface area contributed by atoms with Gasteiger partial charge in [0.2, 0.25) is 5.91 Å². The predicted octanol–water partition coefficient (Wildman–Crippen LogP) is 3.56. The van der Waals surface area contributed by atoms with Crippen LogP contribution in [0.1, 0.15) is 28.8 Å². The average Bonchev–Trinajstić information content (AvgIpc) is 3.29. The van der Waals surface area contributed by atoms with Gasteiger partial charge in [0.1, 0.15) is 4.83 Å². The molecule has 5 rings (SSSR count). The van der Waals surface area contributed by atoms with E-state index in [-0.39, 0.29) is 17.2 Å². The lowest BCUT2D eigenvalue weighted by molar-refractivity contribution is -0.116. The Balaban J connectivity index is 1.40. The summed E-state index contributed by atoms with van der Waals surface area (Å²) in [6.07, 6.45) is 5.16. The highest BCUT2D eigenvalue weighted by atomic mass is 32.2. The molecular formula is C21H21N3O2S2. The van der Waals surface area contributed by atoms with Gasteiger partial charge in [0.25, 0.3) is 5.56 Å². The van der Waals surface area contributed by atoms with Crippen LogP contribution in [0.25, 0.3) is 10.2 Å². The summed E-state index contributed by atoms with van der Waals surface area (Å²) in [6, 6.07) is 8.11. The average molecular weight is 412 g/mol. The van der Waals surface area contributed by atoms with E-state index in [1.54, 1.807) is 23.0 Å². The van der Waals surface area contributed by atoms with Gasteiger partial charge in [-0.3, -0.25) is 14.2 Å². The summed E-state index contributed by atoms with van der Waals surface area (Å²) in [5.41, 5.74) is 3.46. The van der Waals surface area contributed by atoms with Crippen molar-refractivity contribution in [2.45, 2.75) is 37.3 Å². The first-order valence-corrected chi connectivity index (χ1v) is 11.5. The van der Waals surface area contributed by atoms with Crippen molar-refractivity contribution >= 4 is 44.9 Å². The Morgan fingerprint density at radius 2 is 2.07 bits per heavy atom. The van der Waals surface area contributed by atoms with Gasteiger partial charge in [-0.1, -0.05) is 30.0 Å². The highest BCUT2D eigenvalue weighted by Gasteiger charge is 2.25. The van der Waals surface area contributed by atoms with Crippen LogP contribution in [-0.4, -0.2) is 27.8 Å². The van der Waals surface area contributed by atoms with Gasteiger partial charge < -0.3 is 4.90 Å². The van der Waals surface area contributed by atoms with E-state index in [0.29, 0.717) is 5.16 Å². The topological polar surface area (TPSA) is 55.2 Å². The molecule has 0 radical (unpaired) electrons. The lowest BCUT2D eigenvalue weighted by Crippen LogP contribution is -2.36. The second-order valence-corrected chi connectivity index (χ2v) is 9.39. The van der Waals surface area contributed by atoms with Crippen LogP contribution in [0.2, 0.25) is 0 Å². The van der Waals surface area contributed by atoms with E-state index in [4.69, 9.17) is 4.98 Å². The van der Waals surface area contributed by atoms with Crippen molar-refractivity contribution in [2.75, 3.05) is 17.2 Å². The van der Waals surface area contributed by atoms with E-state index < -0.39 is 0 Å². The fourth-order valence-corrected chi connectivity index (χ4v) is 6.38. The molecule has 0 fully saturated rings. The van der Waals surface area contributed by atoms with Crippen molar-refractivity contribution in [3.05, 3.63) is 50.6 Å². The Morgan fingerprint density at radius 1 is 1.21 bits per heavy atom. The summed E-state index contributed by atoms with van der Waals surface area (Å²) in [6.45, 7) is 0.749. The number of thioether (sulfide) groups is 1. The number of aromatic nitrogens is 2. The standard InChI is InChI=1S/C21H21N3O2S2/c1-23-20(26)18-14-8-4-10-16(14)28-19(18)22-21(23)27-12-17(25)24-11-5-7-13-6-2-3-9-15(13)24/h2-3,6,9H,4-5,7-8,10-12H2,1H3. The Kier molecular flexibility index (Phi) is 4.51. The van der Waals surface area contributed by atoms with E-state index in [1.807, 2.05) is 23.1 Å². The zero-order valence-corrected chi connectivity index (χ0v) is 17.4. The maximum atomic E-state index is 12.9. The largest absolute Gasteiger partial charge is 0.311 e. The summed E-state index contributed by atoms with van der Waals surface area (Å²) in [5, 5.41) is 1.41. The molecule has 0 spiro atoms. The number of fused-ring (bicyclic) bond motifs is 4. The quantitative estimate of drug-likeness (QED) is 0.489. The minimum atomic E-state index is 0.0164. The fraction of sp³-hybridized carbons (Fsp3) is 0.381. The van der Waals surface area contributed by atoms with Gasteiger partial charge in [-0.15, -0.1) is 11.3 Å². The number of rotatable bonds is 3. The monoisotopic (exact) mass is 411 g/mol. The molecule has 0 atom stereocenters. The maximum absolute atomic E-state index is 12.9. The van der Waals surface area contributed by atoms with Crippen molar-refractivity contribution in [2.24, 2.45) is 7.05 Å². The Morgan fingerprint density at radius 3 is 2.96 bits per heavy atom. The van der Waals surface area contributed by atoms with Crippen LogP contribution in [0.3, 0.4) is 0 Å². The summed E-state index contributed by atoms with van der Waals surface area (Å²) < 4.78 is 1.61. The van der Waals surface area contributed by atoms with Gasteiger partial charge >= 0.3 is 0 Å². The first-order chi connectivity index (χ1) is 13.6. The molecule has 0 saturated carbocycles. The number of benzene rings is 1. The SMILES string of the molecule is Cn1c(SCC(=O)N2CCCc3ccccc32)nc2sc3c(c2c1=O)CCC3. The summed E-state index contributed by atoms with van der Waals surface area (Å²) in [5.74, 6) is 0.353. The molecule has 0 bridgehead atoms. The number of hydrogen-bond donors (Lipinski definition) is 0. The fourth-order valence-electron chi connectivity index (χ4n) is 4.23. The highest BCUT2D eigenvalue weighted by Crippen LogP contribution is 2.35. The first-order valence-electron chi connectivity index (χ1n) is 9.66. The molecule has 3 aromatic rings. The highest BCUT2D eigenvalue weighted by molar-refractivity contribution is 7.99. The molecule has 28 heavy (non-hydrogen) atoms. The van der Waals surface area contributed by atoms with E-state index >= 15 is 0 Å². The first kappa shape index (κ1) is 17.9. The van der Waals surface area contributed by atoms with Crippen molar-refractivity contribution in [3.8, 4) is 0 Å². The molecule has 0 saturated heterocycles. The Labute approximate surface area is 171 Å². The zero-order chi connectivity index (χ0) is 19.3. The van der Waals surface area contributed by atoms with Gasteiger partial charge in [-0.05, 0) is 49.3 Å². The molecule has 2 aromatic heterocycles. The summed E-state index contributed by atoms with van der Waals surface area (Å²) in [7, 11) is 1.76. The number of amides is 1. The van der Waals surface area contributed by atoms with Crippen LogP contribution >= 0.6 is 23.1 Å². The van der Waals surface area contributed by atoms with Crippen molar-refractivity contribution < 1.29 is 4.79 Å². The molecule has 7 heteroatoms. The van der Waals surface area contributed by atoms with Crippen molar-refractivity contribution in [1.82, 2.24) is 9.55 Å². The van der Waals surface area contributed by atoms with Gasteiger partial charge in [0.15, 0.2) is 5.16 Å². The zero-order valence-electron chi connectivity index (χ0n) is 15.7. The number of nitrogens with zero attached hydrogens (tertiary/aromatic N) is 3. The summed E-state index contributed by atoms with van der Waals surface area (Å²) in [4.78, 5) is 34.5. The normalized spacial score (nSPS) is 15.7. The van der Waals surface area contributed by atoms with Crippen LogP contribution in [0, 0.1) is 0 Å². The number of anilines is 1. The maximum Gasteiger partial charge on any atom is 0.262 e. The molecule has 144 valence electrons. The minimum absolute atomic E-state index is 0.0164. The molecule has 1 aliphatic heterocycles. The Bertz CT molecular complexity index is 1150. The molecule has 5 nitrogen and oxygen atoms in total. The molecule has 1 amide bonds. The molecule has 3 heterocycles. The van der Waals surface area contributed by atoms with E-state index in [2.05, 4.69) is 6.07 Å². The van der Waals surface area contributed by atoms with E-state index in [9.17, 15) is 9.59 Å². The lowest BCUT2D eigenvalue weighted by Gasteiger charge is -2.29. The number of aryl methyl sites for hydroxylation is 3. The minimum Gasteiger partial charge on any atom is -0.311 e. The number of hydrogen-bond acceptors (Lipinski definition) is 5. The second kappa shape index (κ2) is 7.04. The van der Waals surface area contributed by atoms with Gasteiger partial charge in [0, 0.05) is 24.2 Å². The molecule has 0 unspecified atom stereocenters. The number of carbonyl (C=O) groups is 1. The van der Waals surface area contributed by atoms with Crippen LogP contribution in [-0.2, 0) is 31.1 Å². The van der Waals surface area contributed by atoms with Crippen LogP contribution in [0.5, 0.6) is 0 Å². The number of thiophene rings is 1. The van der Waals surface area contributed by atoms with Crippen LogP contribution in [0.15, 0.2) is 34.2 Å². The van der Waals surface area contributed by atoms with E-state index in [1.165, 1.54) is 27.8 Å². The molecule has 2 aliphatic rings. The number of carbonyl (C=O) groups excluding carboxylic acids is 1. The van der Waals surface area contributed by atoms with Crippen LogP contribution < -0.4 is 10.5 Å². The molecule has 1 aromatic carbocycles. The van der Waals surface area contributed by atoms with Crippen LogP contribution in [0.4, 0.5) is 5.69 Å². The van der Waals surface area contributed by atoms with Gasteiger partial charge in [-0.25, -0.2) is 4.98 Å². The third-order valence-corrected chi connectivity index (χ3v) is 7.84. The second-order valence-electron chi connectivity index (χ2n) is 7.36. The van der Waals surface area contributed by atoms with Crippen molar-refractivity contribution in [1.29, 1.82) is 0 Å². The third-order valence-electron chi connectivity index (χ3n) is 5.64. The van der Waals surface area contributed by atoms with Gasteiger partial charge in [-0.2, -0.15) is 0 Å².